The Hall–Kier alpha value is -3.22. The molecule has 3 N–H and O–H groups in total. The second-order valence-corrected chi connectivity index (χ2v) is 17.2. The fraction of sp³-hybridized carbons (Fsp3) is 0.684. The highest BCUT2D eigenvalue weighted by Crippen LogP contribution is 2.16. The average molecular weight is 876 g/mol. The maximum atomic E-state index is 13.2. The summed E-state index contributed by atoms with van der Waals surface area (Å²) in [5.74, 6) is -0.600. The molecule has 0 saturated heterocycles. The summed E-state index contributed by atoms with van der Waals surface area (Å²) in [5.41, 5.74) is 0. The van der Waals surface area contributed by atoms with Gasteiger partial charge in [0.15, 0.2) is 0 Å². The highest BCUT2D eigenvalue weighted by atomic mass is 16.5. The van der Waals surface area contributed by atoms with E-state index in [-0.39, 0.29) is 24.9 Å². The Morgan fingerprint density at radius 1 is 0.492 bits per heavy atom. The zero-order valence-corrected chi connectivity index (χ0v) is 40.9. The molecule has 0 aliphatic heterocycles. The van der Waals surface area contributed by atoms with Gasteiger partial charge in [0.1, 0.15) is 6.10 Å². The highest BCUT2D eigenvalue weighted by molar-refractivity contribution is 5.77. The van der Waals surface area contributed by atoms with Gasteiger partial charge in [-0.2, -0.15) is 0 Å². The minimum Gasteiger partial charge on any atom is -0.461 e. The van der Waals surface area contributed by atoms with Crippen molar-refractivity contribution in [3.8, 4) is 0 Å². The molecule has 3 unspecified atom stereocenters. The molecule has 0 aromatic rings. The van der Waals surface area contributed by atoms with Crippen molar-refractivity contribution in [2.24, 2.45) is 0 Å². The lowest BCUT2D eigenvalue weighted by Gasteiger charge is -2.24. The maximum Gasteiger partial charge on any atom is 0.306 e. The normalized spacial score (nSPS) is 14.0. The number of unbranched alkanes of at least 4 members (excludes halogenated alkanes) is 18. The van der Waals surface area contributed by atoms with Crippen molar-refractivity contribution in [1.82, 2.24) is 5.32 Å². The Balaban J connectivity index is 4.75. The minimum absolute atomic E-state index is 0.0109. The first-order valence-corrected chi connectivity index (χ1v) is 26.0. The number of aliphatic hydroxyl groups is 2. The van der Waals surface area contributed by atoms with Crippen molar-refractivity contribution in [1.29, 1.82) is 0 Å². The number of esters is 1. The highest BCUT2D eigenvalue weighted by Gasteiger charge is 2.23. The summed E-state index contributed by atoms with van der Waals surface area (Å²) in [7, 11) is 0. The molecule has 3 atom stereocenters. The van der Waals surface area contributed by atoms with E-state index in [9.17, 15) is 19.8 Å². The zero-order valence-electron chi connectivity index (χ0n) is 40.9. The summed E-state index contributed by atoms with van der Waals surface area (Å²) in [6.45, 7) is 6.22. The van der Waals surface area contributed by atoms with Gasteiger partial charge in [-0.05, 0) is 77.0 Å². The van der Waals surface area contributed by atoms with Crippen LogP contribution in [-0.4, -0.2) is 46.9 Å². The number of hydrogen-bond acceptors (Lipinski definition) is 5. The number of amides is 1. The molecule has 360 valence electrons. The first-order chi connectivity index (χ1) is 31.0. The Labute approximate surface area is 388 Å². The molecule has 63 heavy (non-hydrogen) atoms. The molecule has 0 aromatic heterocycles. The molecule has 0 aliphatic rings. The maximum absolute atomic E-state index is 13.2. The van der Waals surface area contributed by atoms with Crippen LogP contribution in [-0.2, 0) is 14.3 Å². The average Bonchev–Trinajstić information content (AvgIpc) is 3.28. The summed E-state index contributed by atoms with van der Waals surface area (Å²) >= 11 is 0. The van der Waals surface area contributed by atoms with Crippen LogP contribution in [0.3, 0.4) is 0 Å². The smallest absolute Gasteiger partial charge is 0.306 e. The monoisotopic (exact) mass is 876 g/mol. The van der Waals surface area contributed by atoms with Gasteiger partial charge in [0.2, 0.25) is 5.91 Å². The molecule has 0 bridgehead atoms. The van der Waals surface area contributed by atoms with Crippen LogP contribution in [0.2, 0.25) is 0 Å². The molecule has 0 radical (unpaired) electrons. The number of ether oxygens (including phenoxy) is 1. The Bertz CT molecular complexity index is 1260. The molecular formula is C57H97NO5. The molecule has 1 amide bonds. The molecule has 0 heterocycles. The lowest BCUT2D eigenvalue weighted by atomic mass is 10.0. The van der Waals surface area contributed by atoms with Gasteiger partial charge in [-0.1, -0.05) is 227 Å². The van der Waals surface area contributed by atoms with Gasteiger partial charge < -0.3 is 20.3 Å². The van der Waals surface area contributed by atoms with Crippen molar-refractivity contribution in [3.63, 3.8) is 0 Å². The third kappa shape index (κ3) is 45.2. The number of nitrogens with one attached hydrogen (secondary N) is 1. The van der Waals surface area contributed by atoms with E-state index in [2.05, 4.69) is 111 Å². The summed E-state index contributed by atoms with van der Waals surface area (Å²) in [4.78, 5) is 26.1. The Morgan fingerprint density at radius 3 is 1.35 bits per heavy atom. The number of aliphatic hydroxyl groups excluding tert-OH is 2. The van der Waals surface area contributed by atoms with E-state index in [1.165, 1.54) is 77.0 Å². The van der Waals surface area contributed by atoms with Crippen molar-refractivity contribution in [3.05, 3.63) is 97.2 Å². The Morgan fingerprint density at radius 2 is 0.889 bits per heavy atom. The van der Waals surface area contributed by atoms with Crippen LogP contribution in [0.5, 0.6) is 0 Å². The molecule has 0 fully saturated rings. The van der Waals surface area contributed by atoms with E-state index in [4.69, 9.17) is 4.74 Å². The van der Waals surface area contributed by atoms with Crippen LogP contribution in [0.15, 0.2) is 97.2 Å². The SMILES string of the molecule is CC/C=C\C/C=C\C/C=C\C/C=C\C/C=C\CC(CC(=O)NC(CO)C(O)CCCCCCCCCCCCCCC)OC(=O)CCCCCCCC/C=C/C/C=C/C/C=C/CC. The van der Waals surface area contributed by atoms with Crippen molar-refractivity contribution in [2.75, 3.05) is 6.61 Å². The molecule has 0 saturated carbocycles. The lowest BCUT2D eigenvalue weighted by molar-refractivity contribution is -0.150. The molecule has 6 nitrogen and oxygen atoms in total. The van der Waals surface area contributed by atoms with Crippen molar-refractivity contribution < 1.29 is 24.5 Å². The van der Waals surface area contributed by atoms with E-state index in [0.29, 0.717) is 19.3 Å². The first-order valence-electron chi connectivity index (χ1n) is 26.0. The number of allylic oxidation sites excluding steroid dienone is 15. The predicted octanol–water partition coefficient (Wildman–Crippen LogP) is 15.7. The molecule has 0 rings (SSSR count). The van der Waals surface area contributed by atoms with Gasteiger partial charge in [0.05, 0.1) is 25.2 Å². The van der Waals surface area contributed by atoms with E-state index in [1.807, 2.05) is 12.2 Å². The van der Waals surface area contributed by atoms with Crippen LogP contribution < -0.4 is 5.32 Å². The minimum atomic E-state index is -0.819. The van der Waals surface area contributed by atoms with Crippen LogP contribution >= 0.6 is 0 Å². The summed E-state index contributed by atoms with van der Waals surface area (Å²) in [6.07, 6.45) is 66.2. The molecule has 6 heteroatoms. The predicted molar refractivity (Wildman–Crippen MR) is 273 cm³/mol. The van der Waals surface area contributed by atoms with Crippen molar-refractivity contribution >= 4 is 11.9 Å². The summed E-state index contributed by atoms with van der Waals surface area (Å²) in [6, 6.07) is -0.740. The second kappa shape index (κ2) is 49.8. The van der Waals surface area contributed by atoms with Crippen LogP contribution in [0, 0.1) is 0 Å². The summed E-state index contributed by atoms with van der Waals surface area (Å²) in [5, 5.41) is 23.7. The standard InChI is InChI=1S/C57H97NO5/c1-4-7-10-13-16-19-22-25-27-29-32-35-38-41-44-47-50-57(62)63-53(48-45-42-39-36-33-31-28-26-23-20-17-14-11-8-5-2)51-56(61)58-54(52-59)55(60)49-46-43-40-37-34-30-24-21-18-15-12-9-6-3/h7-8,10-11,16-17,19-20,25-28,33,36,42,45,53-55,59-60H,4-6,9,12-15,18,21-24,29-32,34-35,37-41,43-44,46-52H2,1-3H3,(H,58,61)/b10-7+,11-8-,19-16+,20-17-,27-25+,28-26-,36-33-,45-42-. The molecular weight excluding hydrogens is 779 g/mol. The van der Waals surface area contributed by atoms with Crippen LogP contribution in [0.4, 0.5) is 0 Å². The number of carbonyl (C=O) groups excluding carboxylic acids is 2. The number of carbonyl (C=O) groups is 2. The largest absolute Gasteiger partial charge is 0.461 e. The van der Waals surface area contributed by atoms with Crippen LogP contribution in [0.25, 0.3) is 0 Å². The fourth-order valence-electron chi connectivity index (χ4n) is 7.29. The molecule has 0 aliphatic carbocycles. The first kappa shape index (κ1) is 59.8. The zero-order chi connectivity index (χ0) is 45.9. The van der Waals surface area contributed by atoms with E-state index in [1.54, 1.807) is 0 Å². The molecule has 0 aromatic carbocycles. The van der Waals surface area contributed by atoms with Gasteiger partial charge in [-0.3, -0.25) is 9.59 Å². The van der Waals surface area contributed by atoms with Crippen LogP contribution in [0.1, 0.15) is 226 Å². The van der Waals surface area contributed by atoms with Gasteiger partial charge >= 0.3 is 5.97 Å². The quantitative estimate of drug-likeness (QED) is 0.0322. The number of rotatable bonds is 45. The van der Waals surface area contributed by atoms with E-state index >= 15 is 0 Å². The second-order valence-electron chi connectivity index (χ2n) is 17.2. The fourth-order valence-corrected chi connectivity index (χ4v) is 7.29. The van der Waals surface area contributed by atoms with Crippen molar-refractivity contribution in [2.45, 2.75) is 244 Å². The van der Waals surface area contributed by atoms with E-state index in [0.717, 1.165) is 103 Å². The molecule has 0 spiro atoms. The lowest BCUT2D eigenvalue weighted by Crippen LogP contribution is -2.46. The third-order valence-corrected chi connectivity index (χ3v) is 11.2. The topological polar surface area (TPSA) is 95.9 Å². The van der Waals surface area contributed by atoms with Gasteiger partial charge in [0, 0.05) is 12.8 Å². The van der Waals surface area contributed by atoms with Gasteiger partial charge in [-0.15, -0.1) is 0 Å². The number of hydrogen-bond donors (Lipinski definition) is 3. The third-order valence-electron chi connectivity index (χ3n) is 11.2. The summed E-state index contributed by atoms with van der Waals surface area (Å²) < 4.78 is 5.87. The Kier molecular flexibility index (Phi) is 47.2. The van der Waals surface area contributed by atoms with E-state index < -0.39 is 18.2 Å². The van der Waals surface area contributed by atoms with Gasteiger partial charge in [0.25, 0.3) is 0 Å². The van der Waals surface area contributed by atoms with Gasteiger partial charge in [-0.25, -0.2) is 0 Å².